The van der Waals surface area contributed by atoms with Crippen molar-refractivity contribution in [2.75, 3.05) is 18.4 Å². The van der Waals surface area contributed by atoms with Gasteiger partial charge in [-0.25, -0.2) is 9.37 Å². The van der Waals surface area contributed by atoms with Gasteiger partial charge in [-0.15, -0.1) is 0 Å². The first kappa shape index (κ1) is 28.6. The summed E-state index contributed by atoms with van der Waals surface area (Å²) < 4.78 is 22.3. The molecule has 0 spiro atoms. The second-order valence-electron chi connectivity index (χ2n) is 11.5. The highest BCUT2D eigenvalue weighted by molar-refractivity contribution is 5.97. The lowest BCUT2D eigenvalue weighted by molar-refractivity contribution is -0.142. The number of fused-ring (bicyclic) bond motifs is 2. The molecule has 1 saturated carbocycles. The number of hydrogen-bond donors (Lipinski definition) is 3. The number of ether oxygens (including phenoxy) is 1. The van der Waals surface area contributed by atoms with Crippen molar-refractivity contribution in [2.24, 2.45) is 0 Å². The third-order valence-electron chi connectivity index (χ3n) is 8.30. The highest BCUT2D eigenvalue weighted by Gasteiger charge is 2.26. The molecule has 10 nitrogen and oxygen atoms in total. The summed E-state index contributed by atoms with van der Waals surface area (Å²) in [5, 5.41) is 7.21. The topological polar surface area (TPSA) is 131 Å². The maximum absolute atomic E-state index is 15.4. The van der Waals surface area contributed by atoms with Crippen LogP contribution in [0.15, 0.2) is 59.5 Å². The molecule has 0 bridgehead atoms. The summed E-state index contributed by atoms with van der Waals surface area (Å²) in [5.41, 5.74) is 4.84. The van der Waals surface area contributed by atoms with Crippen LogP contribution in [-0.4, -0.2) is 44.5 Å². The van der Waals surface area contributed by atoms with Gasteiger partial charge in [-0.05, 0) is 72.5 Å². The van der Waals surface area contributed by atoms with E-state index in [-0.39, 0.29) is 23.8 Å². The van der Waals surface area contributed by atoms with Crippen molar-refractivity contribution in [2.45, 2.75) is 45.6 Å². The monoisotopic (exact) mass is 606 g/mol. The van der Waals surface area contributed by atoms with Gasteiger partial charge in [0.15, 0.2) is 0 Å². The molecule has 4 heterocycles. The lowest BCUT2D eigenvalue weighted by Gasteiger charge is -2.18. The number of amides is 1. The highest BCUT2D eigenvalue weighted by atomic mass is 19.1. The number of rotatable bonds is 7. The van der Waals surface area contributed by atoms with E-state index < -0.39 is 17.3 Å². The molecular weight excluding hydrogens is 575 g/mol. The molecule has 7 rings (SSSR count). The minimum absolute atomic E-state index is 0.00590. The number of aromatic nitrogens is 4. The van der Waals surface area contributed by atoms with Crippen LogP contribution in [0.5, 0.6) is 0 Å². The third-order valence-corrected chi connectivity index (χ3v) is 8.30. The van der Waals surface area contributed by atoms with E-state index in [9.17, 15) is 14.4 Å². The Morgan fingerprint density at radius 2 is 1.98 bits per heavy atom. The first-order chi connectivity index (χ1) is 21.8. The van der Waals surface area contributed by atoms with Crippen LogP contribution in [0, 0.1) is 5.82 Å². The summed E-state index contributed by atoms with van der Waals surface area (Å²) in [6, 6.07) is 12.4. The Morgan fingerprint density at radius 1 is 1.13 bits per heavy atom. The van der Waals surface area contributed by atoms with Crippen molar-refractivity contribution in [3.8, 4) is 16.9 Å². The predicted octanol–water partition coefficient (Wildman–Crippen LogP) is 5.34. The van der Waals surface area contributed by atoms with Crippen LogP contribution < -0.4 is 16.2 Å². The van der Waals surface area contributed by atoms with Gasteiger partial charge in [0.25, 0.3) is 5.56 Å². The molecule has 228 valence electrons. The van der Waals surface area contributed by atoms with E-state index >= 15 is 4.39 Å². The average molecular weight is 607 g/mol. The van der Waals surface area contributed by atoms with Crippen LogP contribution in [0.4, 0.5) is 10.3 Å². The van der Waals surface area contributed by atoms with Crippen molar-refractivity contribution < 1.29 is 18.7 Å². The summed E-state index contributed by atoms with van der Waals surface area (Å²) in [7, 11) is 0. The van der Waals surface area contributed by atoms with Gasteiger partial charge in [0.05, 0.1) is 16.8 Å². The number of halogens is 1. The van der Waals surface area contributed by atoms with Crippen molar-refractivity contribution in [1.82, 2.24) is 24.8 Å². The molecule has 0 atom stereocenters. The van der Waals surface area contributed by atoms with Crippen molar-refractivity contribution in [3.63, 3.8) is 0 Å². The largest absolute Gasteiger partial charge is 0.461 e. The molecule has 2 aliphatic rings. The average Bonchev–Trinajstić information content (AvgIpc) is 3.78. The number of carbonyl (C=O) groups excluding carboxylic acids is 2. The highest BCUT2D eigenvalue weighted by Crippen LogP contribution is 2.41. The van der Waals surface area contributed by atoms with Crippen molar-refractivity contribution in [3.05, 3.63) is 87.7 Å². The van der Waals surface area contributed by atoms with E-state index in [4.69, 9.17) is 9.72 Å². The zero-order valence-electron chi connectivity index (χ0n) is 24.9. The molecular formula is C34H31FN6O4. The normalized spacial score (nSPS) is 14.9. The van der Waals surface area contributed by atoms with E-state index in [0.29, 0.717) is 44.8 Å². The fraction of sp³-hybridized carbons (Fsp3) is 0.265. The van der Waals surface area contributed by atoms with Gasteiger partial charge >= 0.3 is 5.97 Å². The Kier molecular flexibility index (Phi) is 7.25. The number of benzene rings is 2. The van der Waals surface area contributed by atoms with Gasteiger partial charge in [0.1, 0.15) is 18.1 Å². The number of nitrogens with zero attached hydrogens (tertiary/aromatic N) is 3. The summed E-state index contributed by atoms with van der Waals surface area (Å²) in [4.78, 5) is 50.6. The van der Waals surface area contributed by atoms with Gasteiger partial charge in [0, 0.05) is 48.8 Å². The summed E-state index contributed by atoms with van der Waals surface area (Å²) in [6.07, 6.45) is 6.59. The Bertz CT molecular complexity index is 2110. The molecule has 0 saturated heterocycles. The number of H-pyrrole nitrogens is 1. The van der Waals surface area contributed by atoms with E-state index in [1.54, 1.807) is 24.4 Å². The Morgan fingerprint density at radius 3 is 2.71 bits per heavy atom. The second-order valence-corrected chi connectivity index (χ2v) is 11.5. The van der Waals surface area contributed by atoms with E-state index in [1.165, 1.54) is 24.5 Å². The smallest absolute Gasteiger partial charge is 0.302 e. The number of esters is 1. The number of carbonyl (C=O) groups is 2. The van der Waals surface area contributed by atoms with Crippen LogP contribution >= 0.6 is 0 Å². The van der Waals surface area contributed by atoms with Gasteiger partial charge < -0.3 is 15.0 Å². The predicted molar refractivity (Wildman–Crippen MR) is 170 cm³/mol. The standard InChI is InChI=1S/C34H31FN6O4/c1-18(42)37-34-39-31(25-16-28(38-32(25)40-34)21-8-11-36-12-9-21)24-4-3-5-29(26(24)17-45-19(2)43)41-13-10-22-14-23(20-6-7-20)15-27(35)30(22)33(41)44/h3-5,8,10,13-16,20,36H,6-7,9,11-12,17H2,1-2H3,(H2,37,38,39,40,42). The molecule has 3 aromatic heterocycles. The third kappa shape index (κ3) is 5.51. The fourth-order valence-electron chi connectivity index (χ4n) is 6.01. The first-order valence-corrected chi connectivity index (χ1v) is 15.0. The minimum atomic E-state index is -0.559. The first-order valence-electron chi connectivity index (χ1n) is 15.0. The van der Waals surface area contributed by atoms with Crippen LogP contribution in [0.25, 0.3) is 44.3 Å². The van der Waals surface area contributed by atoms with Gasteiger partial charge in [0.2, 0.25) is 11.9 Å². The number of pyridine rings is 1. The van der Waals surface area contributed by atoms with Crippen molar-refractivity contribution >= 4 is 45.2 Å². The zero-order chi connectivity index (χ0) is 31.2. The SMILES string of the molecule is CC(=O)Nc1nc(-c2cccc(-n3ccc4cc(C5CC5)cc(F)c4c3=O)c2COC(C)=O)c2cc(C3=CCNCC3)[nH]c2n1. The number of anilines is 1. The molecule has 1 amide bonds. The second kappa shape index (κ2) is 11.4. The van der Waals surface area contributed by atoms with Crippen LogP contribution in [0.3, 0.4) is 0 Å². The maximum Gasteiger partial charge on any atom is 0.302 e. The number of aromatic amines is 1. The molecule has 3 N–H and O–H groups in total. The molecule has 5 aromatic rings. The van der Waals surface area contributed by atoms with Gasteiger partial charge in [-0.1, -0.05) is 24.3 Å². The van der Waals surface area contributed by atoms with E-state index in [2.05, 4.69) is 26.7 Å². The molecule has 1 aliphatic heterocycles. The minimum Gasteiger partial charge on any atom is -0.461 e. The Labute approximate surface area is 257 Å². The van der Waals surface area contributed by atoms with Gasteiger partial charge in [-0.3, -0.25) is 24.3 Å². The van der Waals surface area contributed by atoms with Crippen molar-refractivity contribution in [1.29, 1.82) is 0 Å². The molecule has 0 unspecified atom stereocenters. The fourth-order valence-corrected chi connectivity index (χ4v) is 6.01. The van der Waals surface area contributed by atoms with Gasteiger partial charge in [-0.2, -0.15) is 4.98 Å². The quantitative estimate of drug-likeness (QED) is 0.213. The molecule has 45 heavy (non-hydrogen) atoms. The van der Waals surface area contributed by atoms with Crippen LogP contribution in [0.1, 0.15) is 55.8 Å². The molecule has 0 radical (unpaired) electrons. The molecule has 2 aromatic carbocycles. The van der Waals surface area contributed by atoms with Crippen LogP contribution in [0.2, 0.25) is 0 Å². The Hall–Kier alpha value is -5.16. The summed E-state index contributed by atoms with van der Waals surface area (Å²) >= 11 is 0. The lowest BCUT2D eigenvalue weighted by atomic mass is 9.99. The zero-order valence-corrected chi connectivity index (χ0v) is 24.9. The maximum atomic E-state index is 15.4. The summed E-state index contributed by atoms with van der Waals surface area (Å²) in [6.45, 7) is 4.09. The van der Waals surface area contributed by atoms with Crippen LogP contribution in [-0.2, 0) is 20.9 Å². The summed E-state index contributed by atoms with van der Waals surface area (Å²) in [5.74, 6) is -0.968. The molecule has 11 heteroatoms. The molecule has 1 fully saturated rings. The molecule has 1 aliphatic carbocycles. The van der Waals surface area contributed by atoms with E-state index in [1.807, 2.05) is 18.2 Å². The Balaban J connectivity index is 1.44. The number of hydrogen-bond acceptors (Lipinski definition) is 7. The van der Waals surface area contributed by atoms with E-state index in [0.717, 1.165) is 49.2 Å². The number of nitrogens with one attached hydrogen (secondary N) is 3. The lowest BCUT2D eigenvalue weighted by Crippen LogP contribution is -2.21.